The van der Waals surface area contributed by atoms with Crippen LogP contribution in [0.5, 0.6) is 5.75 Å². The van der Waals surface area contributed by atoms with E-state index in [9.17, 15) is 26.3 Å². The third-order valence-electron chi connectivity index (χ3n) is 7.93. The lowest BCUT2D eigenvalue weighted by Gasteiger charge is -2.32. The number of alkyl halides is 5. The molecule has 4 rings (SSSR count). The zero-order valence-electron chi connectivity index (χ0n) is 19.9. The average Bonchev–Trinajstić information content (AvgIpc) is 3.27. The molecule has 7 heteroatoms. The molecule has 2 aromatic carbocycles. The molecule has 0 amide bonds. The van der Waals surface area contributed by atoms with Crippen molar-refractivity contribution in [3.05, 3.63) is 65.0 Å². The van der Waals surface area contributed by atoms with Crippen LogP contribution in [0.1, 0.15) is 87.3 Å². The summed E-state index contributed by atoms with van der Waals surface area (Å²) in [4.78, 5) is 0. The molecule has 0 N–H and O–H groups in total. The Bertz CT molecular complexity index is 976. The van der Waals surface area contributed by atoms with Gasteiger partial charge in [0.15, 0.2) is 0 Å². The van der Waals surface area contributed by atoms with E-state index in [1.54, 1.807) is 12.1 Å². The van der Waals surface area contributed by atoms with Crippen LogP contribution in [0, 0.1) is 23.6 Å². The Morgan fingerprint density at radius 2 is 1.49 bits per heavy atom. The van der Waals surface area contributed by atoms with E-state index < -0.39 is 35.0 Å². The van der Waals surface area contributed by atoms with Crippen molar-refractivity contribution in [1.82, 2.24) is 0 Å². The van der Waals surface area contributed by atoms with Crippen molar-refractivity contribution in [3.63, 3.8) is 0 Å². The molecule has 0 heterocycles. The predicted molar refractivity (Wildman–Crippen MR) is 123 cm³/mol. The fourth-order valence-electron chi connectivity index (χ4n) is 6.08. The van der Waals surface area contributed by atoms with E-state index in [2.05, 4.69) is 11.7 Å². The maximum absolute atomic E-state index is 14.6. The fraction of sp³-hybridized carbons (Fsp3) is 0.571. The molecular weight excluding hydrogens is 466 g/mol. The zero-order valence-corrected chi connectivity index (χ0v) is 19.9. The fourth-order valence-corrected chi connectivity index (χ4v) is 6.08. The highest BCUT2D eigenvalue weighted by Gasteiger charge is 2.38. The van der Waals surface area contributed by atoms with Crippen LogP contribution >= 0.6 is 0 Å². The van der Waals surface area contributed by atoms with E-state index in [1.165, 1.54) is 57.1 Å². The quantitative estimate of drug-likeness (QED) is 0.346. The predicted octanol–water partition coefficient (Wildman–Crippen LogP) is 9.46. The summed E-state index contributed by atoms with van der Waals surface area (Å²) >= 11 is 0. The van der Waals surface area contributed by atoms with E-state index in [-0.39, 0.29) is 0 Å². The molecule has 0 aliphatic heterocycles. The summed E-state index contributed by atoms with van der Waals surface area (Å²) in [5, 5.41) is 0. The Balaban J connectivity index is 1.34. The molecule has 0 bridgehead atoms. The first-order valence-corrected chi connectivity index (χ1v) is 12.6. The first kappa shape index (κ1) is 25.9. The van der Waals surface area contributed by atoms with E-state index in [0.717, 1.165) is 36.2 Å². The maximum atomic E-state index is 14.6. The van der Waals surface area contributed by atoms with Crippen molar-refractivity contribution < 1.29 is 31.1 Å². The molecule has 2 saturated carbocycles. The second-order valence-electron chi connectivity index (χ2n) is 10.2. The van der Waals surface area contributed by atoms with Gasteiger partial charge in [0.05, 0.1) is 11.1 Å². The van der Waals surface area contributed by atoms with Crippen molar-refractivity contribution in [1.29, 1.82) is 0 Å². The summed E-state index contributed by atoms with van der Waals surface area (Å²) in [5.41, 5.74) is -0.942. The highest BCUT2D eigenvalue weighted by molar-refractivity contribution is 5.33. The average molecular weight is 499 g/mol. The molecule has 2 atom stereocenters. The summed E-state index contributed by atoms with van der Waals surface area (Å²) in [5.74, 6) is 0.506. The zero-order chi connectivity index (χ0) is 25.2. The second kappa shape index (κ2) is 10.4. The smallest absolute Gasteiger partial charge is 0.426 e. The Labute approximate surface area is 202 Å². The van der Waals surface area contributed by atoms with Crippen LogP contribution in [0.4, 0.5) is 26.3 Å². The summed E-state index contributed by atoms with van der Waals surface area (Å²) < 4.78 is 85.6. The molecule has 1 nitrogen and oxygen atoms in total. The molecule has 2 fully saturated rings. The van der Waals surface area contributed by atoms with E-state index >= 15 is 0 Å². The number of hydrogen-bond acceptors (Lipinski definition) is 1. The molecule has 2 aliphatic carbocycles. The first-order valence-electron chi connectivity index (χ1n) is 12.6. The molecule has 0 spiro atoms. The van der Waals surface area contributed by atoms with Gasteiger partial charge in [-0.05, 0) is 92.0 Å². The summed E-state index contributed by atoms with van der Waals surface area (Å²) in [6.45, 7) is 2.25. The van der Waals surface area contributed by atoms with Crippen molar-refractivity contribution in [3.8, 4) is 5.75 Å². The van der Waals surface area contributed by atoms with E-state index in [4.69, 9.17) is 0 Å². The number of halogens is 6. The SMILES string of the molecule is CCCC1CCC(C2CCC(c3ccc(C(F)(F)Oc4ccc(C(F)(F)F)c(F)c4)cc3)CC2)C1. The standard InChI is InChI=1S/C28H32F6O/c1-2-3-18-4-5-22(16-18)21-8-6-19(7-9-21)20-10-12-23(13-11-20)28(33,34)35-24-14-15-25(26(29)17-24)27(30,31)32/h10-15,17-19,21-22H,2-9,16H2,1H3. The molecule has 2 unspecified atom stereocenters. The normalized spacial score (nSPS) is 25.6. The van der Waals surface area contributed by atoms with E-state index in [0.29, 0.717) is 24.1 Å². The minimum Gasteiger partial charge on any atom is -0.429 e. The van der Waals surface area contributed by atoms with Gasteiger partial charge in [-0.2, -0.15) is 22.0 Å². The van der Waals surface area contributed by atoms with Crippen molar-refractivity contribution in [2.75, 3.05) is 0 Å². The lowest BCUT2D eigenvalue weighted by Crippen LogP contribution is -2.22. The van der Waals surface area contributed by atoms with Gasteiger partial charge in [0.2, 0.25) is 0 Å². The monoisotopic (exact) mass is 498 g/mol. The molecule has 0 saturated heterocycles. The molecular formula is C28H32F6O. The van der Waals surface area contributed by atoms with Crippen LogP contribution in [-0.4, -0.2) is 0 Å². The lowest BCUT2D eigenvalue weighted by molar-refractivity contribution is -0.185. The molecule has 35 heavy (non-hydrogen) atoms. The lowest BCUT2D eigenvalue weighted by atomic mass is 9.73. The van der Waals surface area contributed by atoms with Gasteiger partial charge in [0.25, 0.3) is 0 Å². The molecule has 0 radical (unpaired) electrons. The van der Waals surface area contributed by atoms with Crippen molar-refractivity contribution in [2.24, 2.45) is 17.8 Å². The van der Waals surface area contributed by atoms with Gasteiger partial charge in [-0.1, -0.05) is 38.3 Å². The number of rotatable bonds is 7. The minimum atomic E-state index is -4.91. The second-order valence-corrected chi connectivity index (χ2v) is 10.2. The molecule has 2 aliphatic rings. The topological polar surface area (TPSA) is 9.23 Å². The first-order chi connectivity index (χ1) is 16.6. The van der Waals surface area contributed by atoms with Gasteiger partial charge >= 0.3 is 12.3 Å². The van der Waals surface area contributed by atoms with Gasteiger partial charge in [0.1, 0.15) is 11.6 Å². The highest BCUT2D eigenvalue weighted by atomic mass is 19.4. The van der Waals surface area contributed by atoms with Gasteiger partial charge < -0.3 is 4.74 Å². The van der Waals surface area contributed by atoms with Crippen LogP contribution < -0.4 is 4.74 Å². The van der Waals surface area contributed by atoms with Gasteiger partial charge in [-0.25, -0.2) is 4.39 Å². The summed E-state index contributed by atoms with van der Waals surface area (Å²) in [7, 11) is 0. The number of hydrogen-bond donors (Lipinski definition) is 0. The van der Waals surface area contributed by atoms with Crippen molar-refractivity contribution in [2.45, 2.75) is 82.9 Å². The molecule has 2 aromatic rings. The third-order valence-corrected chi connectivity index (χ3v) is 7.93. The maximum Gasteiger partial charge on any atom is 0.426 e. The highest BCUT2D eigenvalue weighted by Crippen LogP contribution is 2.46. The summed E-state index contributed by atoms with van der Waals surface area (Å²) in [6, 6.07) is 7.35. The third kappa shape index (κ3) is 6.15. The number of ether oxygens (including phenoxy) is 1. The summed E-state index contributed by atoms with van der Waals surface area (Å²) in [6.07, 6.45) is 2.38. The van der Waals surface area contributed by atoms with Crippen LogP contribution in [0.15, 0.2) is 42.5 Å². The van der Waals surface area contributed by atoms with E-state index in [1.807, 2.05) is 0 Å². The Morgan fingerprint density at radius 1 is 0.829 bits per heavy atom. The van der Waals surface area contributed by atoms with Crippen LogP contribution in [-0.2, 0) is 12.3 Å². The Hall–Kier alpha value is -2.18. The molecule has 0 aromatic heterocycles. The van der Waals surface area contributed by atoms with Crippen LogP contribution in [0.3, 0.4) is 0 Å². The largest absolute Gasteiger partial charge is 0.429 e. The minimum absolute atomic E-state index is 0.332. The molecule has 192 valence electrons. The number of benzene rings is 2. The Morgan fingerprint density at radius 3 is 2.09 bits per heavy atom. The van der Waals surface area contributed by atoms with Gasteiger partial charge in [-0.3, -0.25) is 0 Å². The van der Waals surface area contributed by atoms with Gasteiger partial charge in [-0.15, -0.1) is 0 Å². The van der Waals surface area contributed by atoms with Crippen LogP contribution in [0.25, 0.3) is 0 Å². The van der Waals surface area contributed by atoms with Gasteiger partial charge in [0, 0.05) is 6.07 Å². The van der Waals surface area contributed by atoms with Crippen LogP contribution in [0.2, 0.25) is 0 Å². The van der Waals surface area contributed by atoms with Crippen molar-refractivity contribution >= 4 is 0 Å². The Kier molecular flexibility index (Phi) is 7.72.